The molecule has 0 saturated carbocycles. The standard InChI is InChI=1S/C9H16N4O2S/c1-5(4-14)3-12-8(15)6-7(10)13-9(11-2)16-6/h5,14H,3-4,10H2,1-2H3,(H,11,13)(H,12,15). The zero-order valence-corrected chi connectivity index (χ0v) is 10.1. The number of carbonyl (C=O) groups excluding carboxylic acids is 1. The molecule has 0 radical (unpaired) electrons. The number of nitrogens with zero attached hydrogens (tertiary/aromatic N) is 1. The number of aliphatic hydroxyl groups excluding tert-OH is 1. The number of hydrogen-bond acceptors (Lipinski definition) is 6. The Hall–Kier alpha value is -1.34. The van der Waals surface area contributed by atoms with E-state index in [1.807, 2.05) is 6.92 Å². The average molecular weight is 244 g/mol. The lowest BCUT2D eigenvalue weighted by molar-refractivity contribution is 0.0947. The van der Waals surface area contributed by atoms with Gasteiger partial charge < -0.3 is 21.5 Å². The summed E-state index contributed by atoms with van der Waals surface area (Å²) >= 11 is 1.21. The molecule has 6 nitrogen and oxygen atoms in total. The minimum atomic E-state index is -0.253. The van der Waals surface area contributed by atoms with Gasteiger partial charge in [0.2, 0.25) is 0 Å². The number of anilines is 2. The van der Waals surface area contributed by atoms with Crippen molar-refractivity contribution in [2.24, 2.45) is 5.92 Å². The summed E-state index contributed by atoms with van der Waals surface area (Å²) in [5.41, 5.74) is 5.61. The number of aliphatic hydroxyl groups is 1. The van der Waals surface area contributed by atoms with Gasteiger partial charge in [0, 0.05) is 20.2 Å². The summed E-state index contributed by atoms with van der Waals surface area (Å²) in [6.07, 6.45) is 0. The quantitative estimate of drug-likeness (QED) is 0.589. The van der Waals surface area contributed by atoms with Gasteiger partial charge in [-0.05, 0) is 5.92 Å². The fourth-order valence-electron chi connectivity index (χ4n) is 1.01. The van der Waals surface area contributed by atoms with Gasteiger partial charge in [-0.25, -0.2) is 4.98 Å². The number of carbonyl (C=O) groups is 1. The lowest BCUT2D eigenvalue weighted by Crippen LogP contribution is -2.29. The molecule has 1 unspecified atom stereocenters. The molecule has 0 fully saturated rings. The molecule has 1 aromatic heterocycles. The molecule has 16 heavy (non-hydrogen) atoms. The fraction of sp³-hybridized carbons (Fsp3) is 0.556. The maximum Gasteiger partial charge on any atom is 0.265 e. The van der Waals surface area contributed by atoms with Crippen molar-refractivity contribution in [3.63, 3.8) is 0 Å². The van der Waals surface area contributed by atoms with Crippen LogP contribution < -0.4 is 16.4 Å². The van der Waals surface area contributed by atoms with E-state index >= 15 is 0 Å². The first-order chi connectivity index (χ1) is 7.58. The van der Waals surface area contributed by atoms with E-state index in [4.69, 9.17) is 10.8 Å². The monoisotopic (exact) mass is 244 g/mol. The van der Waals surface area contributed by atoms with Crippen LogP contribution in [0.1, 0.15) is 16.6 Å². The summed E-state index contributed by atoms with van der Waals surface area (Å²) in [6, 6.07) is 0. The number of nitrogens with one attached hydrogen (secondary N) is 2. The molecule has 1 amide bonds. The third-order valence-electron chi connectivity index (χ3n) is 2.00. The van der Waals surface area contributed by atoms with E-state index in [1.165, 1.54) is 11.3 Å². The summed E-state index contributed by atoms with van der Waals surface area (Å²) in [6.45, 7) is 2.30. The Labute approximate surface area is 97.9 Å². The highest BCUT2D eigenvalue weighted by molar-refractivity contribution is 7.18. The second-order valence-electron chi connectivity index (χ2n) is 3.48. The van der Waals surface area contributed by atoms with Crippen molar-refractivity contribution in [1.82, 2.24) is 10.3 Å². The number of nitrogen functional groups attached to an aromatic ring is 1. The lowest BCUT2D eigenvalue weighted by atomic mass is 10.2. The van der Waals surface area contributed by atoms with Crippen LogP contribution in [-0.2, 0) is 0 Å². The Morgan fingerprint density at radius 1 is 1.69 bits per heavy atom. The molecule has 0 aromatic carbocycles. The van der Waals surface area contributed by atoms with Gasteiger partial charge in [-0.1, -0.05) is 18.3 Å². The topological polar surface area (TPSA) is 100 Å². The summed E-state index contributed by atoms with van der Waals surface area (Å²) in [4.78, 5) is 16.1. The third-order valence-corrected chi connectivity index (χ3v) is 3.08. The minimum absolute atomic E-state index is 0.0295. The van der Waals surface area contributed by atoms with Crippen LogP contribution in [-0.4, -0.2) is 36.2 Å². The molecule has 90 valence electrons. The van der Waals surface area contributed by atoms with E-state index in [0.29, 0.717) is 16.6 Å². The number of hydrogen-bond donors (Lipinski definition) is 4. The predicted octanol–water partition coefficient (Wildman–Crippen LogP) is 0.125. The first kappa shape index (κ1) is 12.7. The smallest absolute Gasteiger partial charge is 0.265 e. The third kappa shape index (κ3) is 3.07. The van der Waals surface area contributed by atoms with Crippen LogP contribution in [0.2, 0.25) is 0 Å². The van der Waals surface area contributed by atoms with Crippen LogP contribution in [0.4, 0.5) is 10.9 Å². The van der Waals surface area contributed by atoms with Crippen LogP contribution in [0.15, 0.2) is 0 Å². The largest absolute Gasteiger partial charge is 0.396 e. The van der Waals surface area contributed by atoms with Gasteiger partial charge in [0.25, 0.3) is 5.91 Å². The van der Waals surface area contributed by atoms with Crippen LogP contribution >= 0.6 is 11.3 Å². The molecule has 0 saturated heterocycles. The molecule has 5 N–H and O–H groups in total. The van der Waals surface area contributed by atoms with E-state index in [2.05, 4.69) is 15.6 Å². The summed E-state index contributed by atoms with van der Waals surface area (Å²) in [5, 5.41) is 14.9. The highest BCUT2D eigenvalue weighted by Crippen LogP contribution is 2.24. The van der Waals surface area contributed by atoms with E-state index in [1.54, 1.807) is 7.05 Å². The normalized spacial score (nSPS) is 12.2. The second kappa shape index (κ2) is 5.66. The molecule has 7 heteroatoms. The lowest BCUT2D eigenvalue weighted by Gasteiger charge is -2.08. The zero-order chi connectivity index (χ0) is 12.1. The first-order valence-corrected chi connectivity index (χ1v) is 5.73. The number of nitrogens with two attached hydrogens (primary N) is 1. The van der Waals surface area contributed by atoms with Gasteiger partial charge in [0.1, 0.15) is 10.7 Å². The molecular weight excluding hydrogens is 228 g/mol. The van der Waals surface area contributed by atoms with Gasteiger partial charge in [0.05, 0.1) is 0 Å². The van der Waals surface area contributed by atoms with E-state index in [-0.39, 0.29) is 24.2 Å². The van der Waals surface area contributed by atoms with Crippen molar-refractivity contribution in [2.45, 2.75) is 6.92 Å². The summed E-state index contributed by atoms with van der Waals surface area (Å²) < 4.78 is 0. The van der Waals surface area contributed by atoms with Crippen molar-refractivity contribution >= 4 is 28.2 Å². The predicted molar refractivity (Wildman–Crippen MR) is 64.7 cm³/mol. The van der Waals surface area contributed by atoms with Crippen molar-refractivity contribution in [3.05, 3.63) is 4.88 Å². The fourth-order valence-corrected chi connectivity index (χ4v) is 1.77. The van der Waals surface area contributed by atoms with Gasteiger partial charge in [0.15, 0.2) is 5.13 Å². The van der Waals surface area contributed by atoms with Crippen LogP contribution in [0.25, 0.3) is 0 Å². The SMILES string of the molecule is CNc1nc(N)c(C(=O)NCC(C)CO)s1. The number of amides is 1. The summed E-state index contributed by atoms with van der Waals surface area (Å²) in [7, 11) is 1.72. The highest BCUT2D eigenvalue weighted by atomic mass is 32.1. The van der Waals surface area contributed by atoms with Crippen LogP contribution in [0.3, 0.4) is 0 Å². The van der Waals surface area contributed by atoms with Gasteiger partial charge in [-0.3, -0.25) is 4.79 Å². The Kier molecular flexibility index (Phi) is 4.51. The maximum absolute atomic E-state index is 11.7. The van der Waals surface area contributed by atoms with Gasteiger partial charge in [-0.15, -0.1) is 0 Å². The van der Waals surface area contributed by atoms with Crippen molar-refractivity contribution in [3.8, 4) is 0 Å². The van der Waals surface area contributed by atoms with E-state index in [0.717, 1.165) is 0 Å². The van der Waals surface area contributed by atoms with E-state index < -0.39 is 0 Å². The Morgan fingerprint density at radius 2 is 2.38 bits per heavy atom. The molecule has 0 spiro atoms. The second-order valence-corrected chi connectivity index (χ2v) is 4.48. The zero-order valence-electron chi connectivity index (χ0n) is 9.28. The molecule has 0 aliphatic carbocycles. The molecule has 1 atom stereocenters. The molecule has 1 heterocycles. The molecular formula is C9H16N4O2S. The Morgan fingerprint density at radius 3 is 2.88 bits per heavy atom. The van der Waals surface area contributed by atoms with Crippen molar-refractivity contribution in [1.29, 1.82) is 0 Å². The maximum atomic E-state index is 11.7. The average Bonchev–Trinajstić information content (AvgIpc) is 2.67. The number of rotatable bonds is 5. The highest BCUT2D eigenvalue weighted by Gasteiger charge is 2.15. The molecule has 0 bridgehead atoms. The minimum Gasteiger partial charge on any atom is -0.396 e. The number of thiazole rings is 1. The van der Waals surface area contributed by atoms with Gasteiger partial charge in [-0.2, -0.15) is 0 Å². The van der Waals surface area contributed by atoms with E-state index in [9.17, 15) is 4.79 Å². The molecule has 1 aromatic rings. The molecule has 1 rings (SSSR count). The van der Waals surface area contributed by atoms with Crippen LogP contribution in [0, 0.1) is 5.92 Å². The first-order valence-electron chi connectivity index (χ1n) is 4.91. The summed E-state index contributed by atoms with van der Waals surface area (Å²) in [5.74, 6) is 0.00201. The van der Waals surface area contributed by atoms with Gasteiger partial charge >= 0.3 is 0 Å². The number of aromatic nitrogens is 1. The van der Waals surface area contributed by atoms with Crippen LogP contribution in [0.5, 0.6) is 0 Å². The van der Waals surface area contributed by atoms with Crippen molar-refractivity contribution < 1.29 is 9.90 Å². The molecule has 0 aliphatic heterocycles. The van der Waals surface area contributed by atoms with Crippen molar-refractivity contribution in [2.75, 3.05) is 31.2 Å². The molecule has 0 aliphatic rings. The Balaban J connectivity index is 2.62. The Bertz CT molecular complexity index is 366.